The molecule has 0 saturated carbocycles. The Kier molecular flexibility index (Phi) is 5.19. The van der Waals surface area contributed by atoms with Gasteiger partial charge in [-0.25, -0.2) is 0 Å². The summed E-state index contributed by atoms with van der Waals surface area (Å²) >= 11 is 0. The van der Waals surface area contributed by atoms with E-state index in [1.807, 2.05) is 0 Å². The van der Waals surface area contributed by atoms with Crippen molar-refractivity contribution in [3.8, 4) is 11.3 Å². The molecule has 5 heteroatoms. The Labute approximate surface area is 127 Å². The van der Waals surface area contributed by atoms with Crippen molar-refractivity contribution in [1.82, 2.24) is 4.98 Å². The molecule has 2 rings (SSSR count). The number of halogens is 3. The van der Waals surface area contributed by atoms with Crippen molar-refractivity contribution in [3.05, 3.63) is 53.7 Å². The Morgan fingerprint density at radius 2 is 1.77 bits per heavy atom. The van der Waals surface area contributed by atoms with Crippen LogP contribution in [0.2, 0.25) is 0 Å². The Balaban J connectivity index is 2.13. The smallest absolute Gasteiger partial charge is 0.388 e. The van der Waals surface area contributed by atoms with Crippen molar-refractivity contribution in [2.75, 3.05) is 0 Å². The van der Waals surface area contributed by atoms with Crippen LogP contribution in [0.15, 0.2) is 42.6 Å². The van der Waals surface area contributed by atoms with Gasteiger partial charge < -0.3 is 5.11 Å². The SMILES string of the molecule is CCCC[C@H](O)c1ccc(-c2ccc(C(F)(F)F)cc2)nc1. The molecule has 0 bridgehead atoms. The third-order valence-electron chi connectivity index (χ3n) is 3.51. The Morgan fingerprint density at radius 3 is 2.27 bits per heavy atom. The zero-order valence-electron chi connectivity index (χ0n) is 12.3. The Bertz CT molecular complexity index is 591. The van der Waals surface area contributed by atoms with Crippen molar-refractivity contribution in [2.24, 2.45) is 0 Å². The number of pyridine rings is 1. The van der Waals surface area contributed by atoms with Crippen molar-refractivity contribution < 1.29 is 18.3 Å². The number of aliphatic hydroxyl groups is 1. The van der Waals surface area contributed by atoms with E-state index in [1.54, 1.807) is 18.3 Å². The van der Waals surface area contributed by atoms with Crippen LogP contribution in [0.4, 0.5) is 13.2 Å². The van der Waals surface area contributed by atoms with E-state index in [-0.39, 0.29) is 0 Å². The topological polar surface area (TPSA) is 33.1 Å². The molecule has 0 saturated heterocycles. The first-order valence-corrected chi connectivity index (χ1v) is 7.23. The predicted octanol–water partition coefficient (Wildman–Crippen LogP) is 4.99. The summed E-state index contributed by atoms with van der Waals surface area (Å²) in [5, 5.41) is 9.97. The number of hydrogen-bond acceptors (Lipinski definition) is 2. The molecule has 2 aromatic rings. The summed E-state index contributed by atoms with van der Waals surface area (Å²) in [6, 6.07) is 8.37. The molecule has 1 aromatic carbocycles. The van der Waals surface area contributed by atoms with E-state index < -0.39 is 17.8 Å². The third kappa shape index (κ3) is 4.07. The lowest BCUT2D eigenvalue weighted by Crippen LogP contribution is -2.04. The first-order chi connectivity index (χ1) is 10.4. The number of rotatable bonds is 5. The first kappa shape index (κ1) is 16.5. The van der Waals surface area contributed by atoms with E-state index in [4.69, 9.17) is 0 Å². The van der Waals surface area contributed by atoms with Crippen molar-refractivity contribution in [2.45, 2.75) is 38.5 Å². The van der Waals surface area contributed by atoms with E-state index in [2.05, 4.69) is 11.9 Å². The summed E-state index contributed by atoms with van der Waals surface area (Å²) in [5.41, 5.74) is 1.25. The number of unbranched alkanes of at least 4 members (excludes halogenated alkanes) is 1. The van der Waals surface area contributed by atoms with Gasteiger partial charge in [-0.05, 0) is 30.2 Å². The Hall–Kier alpha value is -1.88. The van der Waals surface area contributed by atoms with Crippen LogP contribution < -0.4 is 0 Å². The summed E-state index contributed by atoms with van der Waals surface area (Å²) in [7, 11) is 0. The van der Waals surface area contributed by atoms with Gasteiger partial charge >= 0.3 is 6.18 Å². The molecular formula is C17H18F3NO. The minimum atomic E-state index is -4.33. The fourth-order valence-electron chi connectivity index (χ4n) is 2.17. The number of alkyl halides is 3. The highest BCUT2D eigenvalue weighted by Gasteiger charge is 2.29. The molecular weight excluding hydrogens is 291 g/mol. The van der Waals surface area contributed by atoms with Gasteiger partial charge in [0.2, 0.25) is 0 Å². The molecule has 0 spiro atoms. The van der Waals surface area contributed by atoms with Gasteiger partial charge in [0, 0.05) is 11.8 Å². The first-order valence-electron chi connectivity index (χ1n) is 7.23. The van der Waals surface area contributed by atoms with Gasteiger partial charge in [0.25, 0.3) is 0 Å². The Morgan fingerprint density at radius 1 is 1.09 bits per heavy atom. The summed E-state index contributed by atoms with van der Waals surface area (Å²) in [6.07, 6.45) is -0.686. The second kappa shape index (κ2) is 6.92. The second-order valence-corrected chi connectivity index (χ2v) is 5.21. The number of aliphatic hydroxyl groups excluding tert-OH is 1. The minimum Gasteiger partial charge on any atom is -0.388 e. The van der Waals surface area contributed by atoms with Crippen LogP contribution in [0.5, 0.6) is 0 Å². The van der Waals surface area contributed by atoms with Crippen LogP contribution in [-0.2, 0) is 6.18 Å². The summed E-state index contributed by atoms with van der Waals surface area (Å²) in [4.78, 5) is 4.23. The van der Waals surface area contributed by atoms with Crippen LogP contribution >= 0.6 is 0 Å². The van der Waals surface area contributed by atoms with Gasteiger partial charge in [0.05, 0.1) is 17.4 Å². The fourth-order valence-corrected chi connectivity index (χ4v) is 2.17. The van der Waals surface area contributed by atoms with E-state index in [9.17, 15) is 18.3 Å². The highest BCUT2D eigenvalue weighted by Crippen LogP contribution is 2.30. The summed E-state index contributed by atoms with van der Waals surface area (Å²) in [6.45, 7) is 2.05. The van der Waals surface area contributed by atoms with Crippen molar-refractivity contribution in [3.63, 3.8) is 0 Å². The van der Waals surface area contributed by atoms with E-state index in [0.29, 0.717) is 17.7 Å². The van der Waals surface area contributed by atoms with Gasteiger partial charge in [0.15, 0.2) is 0 Å². The monoisotopic (exact) mass is 309 g/mol. The predicted molar refractivity (Wildman–Crippen MR) is 79.2 cm³/mol. The molecule has 2 nitrogen and oxygen atoms in total. The number of benzene rings is 1. The van der Waals surface area contributed by atoms with E-state index in [1.165, 1.54) is 12.1 Å². The van der Waals surface area contributed by atoms with Crippen LogP contribution in [0, 0.1) is 0 Å². The maximum absolute atomic E-state index is 12.5. The van der Waals surface area contributed by atoms with Gasteiger partial charge in [0.1, 0.15) is 0 Å². The molecule has 0 fully saturated rings. The third-order valence-corrected chi connectivity index (χ3v) is 3.51. The molecule has 0 unspecified atom stereocenters. The van der Waals surface area contributed by atoms with E-state index in [0.717, 1.165) is 30.5 Å². The molecule has 1 N–H and O–H groups in total. The average Bonchev–Trinajstić information content (AvgIpc) is 2.52. The normalized spacial score (nSPS) is 13.1. The van der Waals surface area contributed by atoms with Crippen molar-refractivity contribution in [1.29, 1.82) is 0 Å². The molecule has 0 amide bonds. The molecule has 0 radical (unpaired) electrons. The average molecular weight is 309 g/mol. The molecule has 118 valence electrons. The maximum Gasteiger partial charge on any atom is 0.416 e. The minimum absolute atomic E-state index is 0.547. The highest BCUT2D eigenvalue weighted by molar-refractivity contribution is 5.59. The zero-order valence-corrected chi connectivity index (χ0v) is 12.3. The van der Waals surface area contributed by atoms with Gasteiger partial charge in [-0.1, -0.05) is 38.0 Å². The molecule has 0 aliphatic carbocycles. The standard InChI is InChI=1S/C17H18F3NO/c1-2-3-4-16(22)13-7-10-15(21-11-13)12-5-8-14(9-6-12)17(18,19)20/h5-11,16,22H,2-4H2,1H3/t16-/m0/s1. The van der Waals surface area contributed by atoms with Gasteiger partial charge in [-0.2, -0.15) is 13.2 Å². The lowest BCUT2D eigenvalue weighted by molar-refractivity contribution is -0.137. The zero-order chi connectivity index (χ0) is 16.2. The number of aromatic nitrogens is 1. The molecule has 1 heterocycles. The molecule has 1 atom stereocenters. The van der Waals surface area contributed by atoms with Crippen LogP contribution in [0.25, 0.3) is 11.3 Å². The number of nitrogens with zero attached hydrogens (tertiary/aromatic N) is 1. The summed E-state index contributed by atoms with van der Waals surface area (Å²) in [5.74, 6) is 0. The van der Waals surface area contributed by atoms with Crippen LogP contribution in [-0.4, -0.2) is 10.1 Å². The van der Waals surface area contributed by atoms with Crippen molar-refractivity contribution >= 4 is 0 Å². The number of hydrogen-bond donors (Lipinski definition) is 1. The largest absolute Gasteiger partial charge is 0.416 e. The molecule has 0 aliphatic rings. The molecule has 1 aromatic heterocycles. The lowest BCUT2D eigenvalue weighted by Gasteiger charge is -2.11. The molecule has 22 heavy (non-hydrogen) atoms. The second-order valence-electron chi connectivity index (χ2n) is 5.21. The molecule has 0 aliphatic heterocycles. The van der Waals surface area contributed by atoms with Crippen LogP contribution in [0.3, 0.4) is 0 Å². The summed E-state index contributed by atoms with van der Waals surface area (Å²) < 4.78 is 37.6. The highest BCUT2D eigenvalue weighted by atomic mass is 19.4. The maximum atomic E-state index is 12.5. The fraction of sp³-hybridized carbons (Fsp3) is 0.353. The van der Waals surface area contributed by atoms with Crippen LogP contribution in [0.1, 0.15) is 43.4 Å². The lowest BCUT2D eigenvalue weighted by atomic mass is 10.0. The quantitative estimate of drug-likeness (QED) is 0.844. The van der Waals surface area contributed by atoms with Gasteiger partial charge in [-0.15, -0.1) is 0 Å². The van der Waals surface area contributed by atoms with Gasteiger partial charge in [-0.3, -0.25) is 4.98 Å². The van der Waals surface area contributed by atoms with E-state index >= 15 is 0 Å².